The fourth-order valence-corrected chi connectivity index (χ4v) is 3.55. The van der Waals surface area contributed by atoms with Crippen molar-refractivity contribution in [1.82, 2.24) is 20.1 Å². The number of piperazine rings is 1. The van der Waals surface area contributed by atoms with Gasteiger partial charge in [-0.05, 0) is 29.8 Å². The van der Waals surface area contributed by atoms with Crippen molar-refractivity contribution in [2.45, 2.75) is 6.54 Å². The predicted molar refractivity (Wildman–Crippen MR) is 111 cm³/mol. The second kappa shape index (κ2) is 8.54. The molecule has 1 aliphatic heterocycles. The van der Waals surface area contributed by atoms with Gasteiger partial charge < -0.3 is 9.80 Å². The minimum atomic E-state index is -0.301. The SMILES string of the molecule is O=C(Nc1nncs1)c1ccc(N2CCN(Cc3ccc(Cl)cc3)C(=O)C2)nc1. The van der Waals surface area contributed by atoms with Crippen LogP contribution in [0.2, 0.25) is 5.02 Å². The van der Waals surface area contributed by atoms with Crippen LogP contribution in [0.3, 0.4) is 0 Å². The van der Waals surface area contributed by atoms with Gasteiger partial charge in [-0.2, -0.15) is 0 Å². The van der Waals surface area contributed by atoms with Crippen LogP contribution in [0.4, 0.5) is 10.9 Å². The maximum absolute atomic E-state index is 12.6. The first-order valence-corrected chi connectivity index (χ1v) is 10.1. The molecule has 0 aliphatic carbocycles. The summed E-state index contributed by atoms with van der Waals surface area (Å²) in [6.45, 7) is 2.07. The van der Waals surface area contributed by atoms with E-state index in [-0.39, 0.29) is 18.4 Å². The Bertz CT molecular complexity index is 995. The van der Waals surface area contributed by atoms with Crippen molar-refractivity contribution in [3.63, 3.8) is 0 Å². The zero-order valence-electron chi connectivity index (χ0n) is 15.3. The minimum absolute atomic E-state index is 0.0334. The molecule has 1 saturated heterocycles. The van der Waals surface area contributed by atoms with Gasteiger partial charge in [-0.3, -0.25) is 14.9 Å². The fraction of sp³-hybridized carbons (Fsp3) is 0.211. The van der Waals surface area contributed by atoms with E-state index in [4.69, 9.17) is 11.6 Å². The Morgan fingerprint density at radius 1 is 1.17 bits per heavy atom. The standard InChI is InChI=1S/C19H17ClN6O2S/c20-15-4-1-13(2-5-15)10-26-8-7-25(11-17(26)27)16-6-3-14(9-21-16)18(28)23-19-24-22-12-29-19/h1-6,9,12H,7-8,10-11H2,(H,23,24,28). The average Bonchev–Trinajstić information content (AvgIpc) is 3.24. The zero-order valence-corrected chi connectivity index (χ0v) is 16.9. The van der Waals surface area contributed by atoms with E-state index < -0.39 is 0 Å². The third-order valence-electron chi connectivity index (χ3n) is 4.52. The van der Waals surface area contributed by atoms with Crippen LogP contribution in [0, 0.1) is 0 Å². The molecule has 2 aromatic heterocycles. The number of hydrogen-bond donors (Lipinski definition) is 1. The van der Waals surface area contributed by atoms with Crippen molar-refractivity contribution >= 4 is 45.7 Å². The molecular weight excluding hydrogens is 412 g/mol. The molecule has 0 saturated carbocycles. The molecule has 3 heterocycles. The first-order chi connectivity index (χ1) is 14.1. The maximum Gasteiger partial charge on any atom is 0.259 e. The number of amides is 2. The van der Waals surface area contributed by atoms with Crippen LogP contribution in [0.25, 0.3) is 0 Å². The van der Waals surface area contributed by atoms with Crippen LogP contribution in [0.1, 0.15) is 15.9 Å². The van der Waals surface area contributed by atoms with Crippen LogP contribution in [0.5, 0.6) is 0 Å². The Morgan fingerprint density at radius 3 is 2.66 bits per heavy atom. The van der Waals surface area contributed by atoms with E-state index in [1.165, 1.54) is 17.5 Å². The smallest absolute Gasteiger partial charge is 0.259 e. The average molecular weight is 429 g/mol. The van der Waals surface area contributed by atoms with Gasteiger partial charge in [0.05, 0.1) is 12.1 Å². The zero-order chi connectivity index (χ0) is 20.2. The summed E-state index contributed by atoms with van der Waals surface area (Å²) >= 11 is 7.15. The van der Waals surface area contributed by atoms with Gasteiger partial charge in [0.2, 0.25) is 11.0 Å². The molecule has 0 atom stereocenters. The molecule has 0 bridgehead atoms. The first-order valence-electron chi connectivity index (χ1n) is 8.89. The molecule has 29 heavy (non-hydrogen) atoms. The number of aromatic nitrogens is 3. The minimum Gasteiger partial charge on any atom is -0.346 e. The molecule has 0 radical (unpaired) electrons. The van der Waals surface area contributed by atoms with Crippen molar-refractivity contribution < 1.29 is 9.59 Å². The van der Waals surface area contributed by atoms with Gasteiger partial charge in [-0.25, -0.2) is 4.98 Å². The van der Waals surface area contributed by atoms with Crippen molar-refractivity contribution in [3.05, 3.63) is 64.3 Å². The summed E-state index contributed by atoms with van der Waals surface area (Å²) in [5.74, 6) is 0.396. The fourth-order valence-electron chi connectivity index (χ4n) is 2.99. The lowest BCUT2D eigenvalue weighted by Crippen LogP contribution is -2.50. The van der Waals surface area contributed by atoms with E-state index in [0.717, 1.165) is 5.56 Å². The molecule has 0 unspecified atom stereocenters. The number of carbonyl (C=O) groups excluding carboxylic acids is 2. The van der Waals surface area contributed by atoms with E-state index in [0.29, 0.717) is 41.2 Å². The summed E-state index contributed by atoms with van der Waals surface area (Å²) in [7, 11) is 0. The van der Waals surface area contributed by atoms with E-state index >= 15 is 0 Å². The lowest BCUT2D eigenvalue weighted by Gasteiger charge is -2.35. The second-order valence-electron chi connectivity index (χ2n) is 6.47. The van der Waals surface area contributed by atoms with E-state index in [2.05, 4.69) is 20.5 Å². The third kappa shape index (κ3) is 4.69. The van der Waals surface area contributed by atoms with Crippen molar-refractivity contribution in [2.24, 2.45) is 0 Å². The first kappa shape index (κ1) is 19.3. The lowest BCUT2D eigenvalue weighted by molar-refractivity contribution is -0.131. The van der Waals surface area contributed by atoms with Gasteiger partial charge in [-0.1, -0.05) is 35.1 Å². The number of carbonyl (C=O) groups is 2. The number of anilines is 2. The lowest BCUT2D eigenvalue weighted by atomic mass is 10.2. The Morgan fingerprint density at radius 2 is 2.00 bits per heavy atom. The summed E-state index contributed by atoms with van der Waals surface area (Å²) in [4.78, 5) is 32.8. The molecule has 8 nitrogen and oxygen atoms in total. The Kier molecular flexibility index (Phi) is 5.68. The molecule has 0 spiro atoms. The predicted octanol–water partition coefficient (Wildman–Crippen LogP) is 2.69. The summed E-state index contributed by atoms with van der Waals surface area (Å²) in [6, 6.07) is 10.9. The van der Waals surface area contributed by atoms with Gasteiger partial charge in [0.25, 0.3) is 5.91 Å². The van der Waals surface area contributed by atoms with Crippen LogP contribution in [0.15, 0.2) is 48.1 Å². The molecule has 1 aromatic carbocycles. The normalized spacial score (nSPS) is 14.2. The number of benzene rings is 1. The van der Waals surface area contributed by atoms with Crippen LogP contribution < -0.4 is 10.2 Å². The van der Waals surface area contributed by atoms with Crippen molar-refractivity contribution in [1.29, 1.82) is 0 Å². The number of pyridine rings is 1. The summed E-state index contributed by atoms with van der Waals surface area (Å²) < 4.78 is 0. The molecule has 3 aromatic rings. The number of halogens is 1. The summed E-state index contributed by atoms with van der Waals surface area (Å²) in [6.07, 6.45) is 1.50. The highest BCUT2D eigenvalue weighted by molar-refractivity contribution is 7.13. The molecule has 148 valence electrons. The van der Waals surface area contributed by atoms with E-state index in [1.54, 1.807) is 17.6 Å². The number of rotatable bonds is 5. The molecule has 2 amide bonds. The number of hydrogen-bond acceptors (Lipinski definition) is 7. The van der Waals surface area contributed by atoms with Crippen LogP contribution in [-0.4, -0.2) is 51.5 Å². The van der Waals surface area contributed by atoms with Gasteiger partial charge in [0, 0.05) is 30.9 Å². The highest BCUT2D eigenvalue weighted by atomic mass is 35.5. The van der Waals surface area contributed by atoms with Crippen LogP contribution >= 0.6 is 22.9 Å². The molecule has 1 fully saturated rings. The molecule has 10 heteroatoms. The Labute approximate surface area is 176 Å². The van der Waals surface area contributed by atoms with Crippen LogP contribution in [-0.2, 0) is 11.3 Å². The monoisotopic (exact) mass is 428 g/mol. The van der Waals surface area contributed by atoms with E-state index in [9.17, 15) is 9.59 Å². The largest absolute Gasteiger partial charge is 0.346 e. The Balaban J connectivity index is 1.35. The maximum atomic E-state index is 12.6. The van der Waals surface area contributed by atoms with Gasteiger partial charge in [0.15, 0.2) is 0 Å². The molecule has 1 aliphatic rings. The molecular formula is C19H17ClN6O2S. The van der Waals surface area contributed by atoms with Gasteiger partial charge in [0.1, 0.15) is 11.3 Å². The second-order valence-corrected chi connectivity index (χ2v) is 7.74. The highest BCUT2D eigenvalue weighted by Gasteiger charge is 2.25. The number of nitrogens with one attached hydrogen (secondary N) is 1. The van der Waals surface area contributed by atoms with Crippen molar-refractivity contribution in [3.8, 4) is 0 Å². The summed E-state index contributed by atoms with van der Waals surface area (Å²) in [5, 5.41) is 11.2. The molecule has 1 N–H and O–H groups in total. The topological polar surface area (TPSA) is 91.3 Å². The number of nitrogens with zero attached hydrogens (tertiary/aromatic N) is 5. The summed E-state index contributed by atoms with van der Waals surface area (Å²) in [5.41, 5.74) is 3.00. The van der Waals surface area contributed by atoms with E-state index in [1.807, 2.05) is 34.1 Å². The van der Waals surface area contributed by atoms with Gasteiger partial charge >= 0.3 is 0 Å². The quantitative estimate of drug-likeness (QED) is 0.671. The molecule has 4 rings (SSSR count). The van der Waals surface area contributed by atoms with Gasteiger partial charge in [-0.15, -0.1) is 10.2 Å². The highest BCUT2D eigenvalue weighted by Crippen LogP contribution is 2.18. The van der Waals surface area contributed by atoms with Crippen molar-refractivity contribution in [2.75, 3.05) is 29.9 Å². The Hall–Kier alpha value is -3.04. The third-order valence-corrected chi connectivity index (χ3v) is 5.38.